The van der Waals surface area contributed by atoms with E-state index in [2.05, 4.69) is 28.2 Å². The second kappa shape index (κ2) is 4.22. The molecule has 15 heavy (non-hydrogen) atoms. The van der Waals surface area contributed by atoms with Gasteiger partial charge >= 0.3 is 0 Å². The molecule has 1 aromatic rings. The van der Waals surface area contributed by atoms with Crippen molar-refractivity contribution in [1.29, 1.82) is 0 Å². The molecule has 0 radical (unpaired) electrons. The van der Waals surface area contributed by atoms with Crippen molar-refractivity contribution in [2.24, 2.45) is 5.41 Å². The number of benzene rings is 1. The molecule has 1 N–H and O–H groups in total. The Bertz CT molecular complexity index is 361. The Morgan fingerprint density at radius 2 is 2.20 bits per heavy atom. The molecular weight excluding hydrogens is 257 g/mol. The summed E-state index contributed by atoms with van der Waals surface area (Å²) in [5.74, 6) is -0.173. The van der Waals surface area contributed by atoms with Crippen LogP contribution in [0.3, 0.4) is 0 Å². The molecule has 0 unspecified atom stereocenters. The molecule has 0 atom stereocenters. The van der Waals surface area contributed by atoms with Crippen molar-refractivity contribution in [3.63, 3.8) is 0 Å². The zero-order chi connectivity index (χ0) is 10.9. The number of halogens is 2. The SMILES string of the molecule is CC1(CNCc2cc(F)ccc2Br)CC1. The van der Waals surface area contributed by atoms with Crippen LogP contribution in [0.25, 0.3) is 0 Å². The summed E-state index contributed by atoms with van der Waals surface area (Å²) < 4.78 is 13.9. The molecule has 0 heterocycles. The van der Waals surface area contributed by atoms with Crippen LogP contribution in [-0.2, 0) is 6.54 Å². The molecule has 0 bridgehead atoms. The van der Waals surface area contributed by atoms with Crippen molar-refractivity contribution in [1.82, 2.24) is 5.32 Å². The average Bonchev–Trinajstić information content (AvgIpc) is 2.90. The van der Waals surface area contributed by atoms with E-state index in [0.29, 0.717) is 5.41 Å². The van der Waals surface area contributed by atoms with Crippen LogP contribution in [0.2, 0.25) is 0 Å². The fourth-order valence-corrected chi connectivity index (χ4v) is 1.95. The van der Waals surface area contributed by atoms with Crippen molar-refractivity contribution < 1.29 is 4.39 Å². The molecule has 0 aliphatic heterocycles. The van der Waals surface area contributed by atoms with Crippen LogP contribution in [0.15, 0.2) is 22.7 Å². The predicted molar refractivity (Wildman–Crippen MR) is 63.1 cm³/mol. The maximum absolute atomic E-state index is 13.0. The average molecular weight is 272 g/mol. The summed E-state index contributed by atoms with van der Waals surface area (Å²) in [5.41, 5.74) is 1.49. The Labute approximate surface area is 98.2 Å². The van der Waals surface area contributed by atoms with Crippen molar-refractivity contribution in [3.8, 4) is 0 Å². The lowest BCUT2D eigenvalue weighted by Gasteiger charge is -2.11. The monoisotopic (exact) mass is 271 g/mol. The minimum absolute atomic E-state index is 0.173. The van der Waals surface area contributed by atoms with Crippen LogP contribution < -0.4 is 5.32 Å². The first-order chi connectivity index (χ1) is 7.09. The molecule has 1 aromatic carbocycles. The van der Waals surface area contributed by atoms with Gasteiger partial charge in [0.25, 0.3) is 0 Å². The van der Waals surface area contributed by atoms with E-state index in [4.69, 9.17) is 0 Å². The standard InChI is InChI=1S/C12H15BrFN/c1-12(4-5-12)8-15-7-9-6-10(14)2-3-11(9)13/h2-3,6,15H,4-5,7-8H2,1H3. The third-order valence-electron chi connectivity index (χ3n) is 2.98. The Kier molecular flexibility index (Phi) is 3.12. The van der Waals surface area contributed by atoms with E-state index in [-0.39, 0.29) is 5.82 Å². The predicted octanol–water partition coefficient (Wildman–Crippen LogP) is 3.48. The highest BCUT2D eigenvalue weighted by Gasteiger charge is 2.36. The second-order valence-electron chi connectivity index (χ2n) is 4.65. The van der Waals surface area contributed by atoms with Gasteiger partial charge in [0, 0.05) is 17.6 Å². The minimum Gasteiger partial charge on any atom is -0.312 e. The Hall–Kier alpha value is -0.410. The molecular formula is C12H15BrFN. The molecule has 1 aliphatic carbocycles. The number of rotatable bonds is 4. The van der Waals surface area contributed by atoms with Crippen molar-refractivity contribution >= 4 is 15.9 Å². The van der Waals surface area contributed by atoms with Gasteiger partial charge in [-0.2, -0.15) is 0 Å². The van der Waals surface area contributed by atoms with E-state index in [9.17, 15) is 4.39 Å². The minimum atomic E-state index is -0.173. The first kappa shape index (κ1) is 11.1. The van der Waals surface area contributed by atoms with Gasteiger partial charge in [-0.15, -0.1) is 0 Å². The van der Waals surface area contributed by atoms with Gasteiger partial charge in [-0.1, -0.05) is 22.9 Å². The van der Waals surface area contributed by atoms with Crippen LogP contribution in [0.1, 0.15) is 25.3 Å². The zero-order valence-corrected chi connectivity index (χ0v) is 10.4. The van der Waals surface area contributed by atoms with Gasteiger partial charge in [0.15, 0.2) is 0 Å². The molecule has 1 aliphatic rings. The number of hydrogen-bond acceptors (Lipinski definition) is 1. The molecule has 0 saturated heterocycles. The summed E-state index contributed by atoms with van der Waals surface area (Å²) in [7, 11) is 0. The third kappa shape index (κ3) is 3.02. The zero-order valence-electron chi connectivity index (χ0n) is 8.82. The number of hydrogen-bond donors (Lipinski definition) is 1. The molecule has 1 saturated carbocycles. The van der Waals surface area contributed by atoms with Crippen LogP contribution in [0.4, 0.5) is 4.39 Å². The van der Waals surface area contributed by atoms with Crippen LogP contribution in [0, 0.1) is 11.2 Å². The fraction of sp³-hybridized carbons (Fsp3) is 0.500. The van der Waals surface area contributed by atoms with Gasteiger partial charge < -0.3 is 5.32 Å². The van der Waals surface area contributed by atoms with Crippen molar-refractivity contribution in [3.05, 3.63) is 34.1 Å². The molecule has 0 amide bonds. The molecule has 0 aromatic heterocycles. The van der Waals surface area contributed by atoms with Gasteiger partial charge in [0.05, 0.1) is 0 Å². The van der Waals surface area contributed by atoms with Crippen LogP contribution in [-0.4, -0.2) is 6.54 Å². The van der Waals surface area contributed by atoms with Gasteiger partial charge in [-0.25, -0.2) is 4.39 Å². The fourth-order valence-electron chi connectivity index (χ4n) is 1.57. The van der Waals surface area contributed by atoms with E-state index in [0.717, 1.165) is 23.1 Å². The molecule has 2 rings (SSSR count). The summed E-state index contributed by atoms with van der Waals surface area (Å²) in [6.45, 7) is 4.03. The summed E-state index contributed by atoms with van der Waals surface area (Å²) in [6, 6.07) is 4.80. The highest BCUT2D eigenvalue weighted by atomic mass is 79.9. The summed E-state index contributed by atoms with van der Waals surface area (Å²) in [4.78, 5) is 0. The van der Waals surface area contributed by atoms with E-state index in [1.165, 1.54) is 18.9 Å². The van der Waals surface area contributed by atoms with E-state index < -0.39 is 0 Å². The maximum Gasteiger partial charge on any atom is 0.123 e. The lowest BCUT2D eigenvalue weighted by atomic mass is 10.1. The Balaban J connectivity index is 1.89. The molecule has 3 heteroatoms. The largest absolute Gasteiger partial charge is 0.312 e. The normalized spacial score (nSPS) is 17.8. The highest BCUT2D eigenvalue weighted by molar-refractivity contribution is 9.10. The molecule has 0 spiro atoms. The van der Waals surface area contributed by atoms with E-state index in [1.807, 2.05) is 0 Å². The maximum atomic E-state index is 13.0. The van der Waals surface area contributed by atoms with Gasteiger partial charge in [0.1, 0.15) is 5.82 Å². The Morgan fingerprint density at radius 1 is 1.47 bits per heavy atom. The number of nitrogens with one attached hydrogen (secondary N) is 1. The smallest absolute Gasteiger partial charge is 0.123 e. The van der Waals surface area contributed by atoms with Crippen molar-refractivity contribution in [2.75, 3.05) is 6.54 Å². The van der Waals surface area contributed by atoms with E-state index in [1.54, 1.807) is 12.1 Å². The van der Waals surface area contributed by atoms with E-state index >= 15 is 0 Å². The van der Waals surface area contributed by atoms with Gasteiger partial charge in [-0.05, 0) is 42.0 Å². The van der Waals surface area contributed by atoms with Crippen molar-refractivity contribution in [2.45, 2.75) is 26.3 Å². The van der Waals surface area contributed by atoms with Crippen LogP contribution >= 0.6 is 15.9 Å². The van der Waals surface area contributed by atoms with Gasteiger partial charge in [0.2, 0.25) is 0 Å². The lowest BCUT2D eigenvalue weighted by molar-refractivity contribution is 0.498. The first-order valence-corrected chi connectivity index (χ1v) is 6.03. The topological polar surface area (TPSA) is 12.0 Å². The molecule has 82 valence electrons. The third-order valence-corrected chi connectivity index (χ3v) is 3.75. The summed E-state index contributed by atoms with van der Waals surface area (Å²) in [6.07, 6.45) is 2.62. The molecule has 1 fully saturated rings. The summed E-state index contributed by atoms with van der Waals surface area (Å²) in [5, 5.41) is 3.38. The quantitative estimate of drug-likeness (QED) is 0.884. The first-order valence-electron chi connectivity index (χ1n) is 5.24. The van der Waals surface area contributed by atoms with Crippen LogP contribution in [0.5, 0.6) is 0 Å². The Morgan fingerprint density at radius 3 is 2.87 bits per heavy atom. The lowest BCUT2D eigenvalue weighted by Crippen LogP contribution is -2.21. The highest BCUT2D eigenvalue weighted by Crippen LogP contribution is 2.44. The summed E-state index contributed by atoms with van der Waals surface area (Å²) >= 11 is 3.42. The van der Waals surface area contributed by atoms with Gasteiger partial charge in [-0.3, -0.25) is 0 Å². The second-order valence-corrected chi connectivity index (χ2v) is 5.50. The molecule has 1 nitrogen and oxygen atoms in total.